The summed E-state index contributed by atoms with van der Waals surface area (Å²) in [5.74, 6) is 2.01. The molecule has 2 aliphatic heterocycles. The van der Waals surface area contributed by atoms with Gasteiger partial charge < -0.3 is 14.4 Å². The fraction of sp³-hybridized carbons (Fsp3) is 0.389. The topological polar surface area (TPSA) is 38.8 Å². The maximum absolute atomic E-state index is 12.7. The van der Waals surface area contributed by atoms with E-state index in [-0.39, 0.29) is 5.91 Å². The van der Waals surface area contributed by atoms with E-state index in [1.807, 2.05) is 40.5 Å². The molecule has 4 rings (SSSR count). The van der Waals surface area contributed by atoms with Gasteiger partial charge in [-0.2, -0.15) is 0 Å². The van der Waals surface area contributed by atoms with E-state index in [1.165, 1.54) is 4.88 Å². The second-order valence-electron chi connectivity index (χ2n) is 5.98. The van der Waals surface area contributed by atoms with Gasteiger partial charge in [-0.3, -0.25) is 4.79 Å². The van der Waals surface area contributed by atoms with E-state index in [1.54, 1.807) is 0 Å². The Morgan fingerprint density at radius 3 is 2.61 bits per heavy atom. The number of hydrogen-bond acceptors (Lipinski definition) is 4. The first kappa shape index (κ1) is 14.6. The number of benzene rings is 1. The van der Waals surface area contributed by atoms with Gasteiger partial charge in [-0.05, 0) is 42.3 Å². The van der Waals surface area contributed by atoms with Gasteiger partial charge in [-0.15, -0.1) is 11.3 Å². The van der Waals surface area contributed by atoms with Crippen LogP contribution in [0.5, 0.6) is 11.5 Å². The van der Waals surface area contributed by atoms with Crippen molar-refractivity contribution in [2.45, 2.75) is 24.9 Å². The lowest BCUT2D eigenvalue weighted by atomic mass is 9.95. The molecule has 2 aromatic rings. The van der Waals surface area contributed by atoms with E-state index in [0.717, 1.165) is 25.9 Å². The Labute approximate surface area is 139 Å². The lowest BCUT2D eigenvalue weighted by Gasteiger charge is -2.35. The van der Waals surface area contributed by atoms with Crippen molar-refractivity contribution >= 4 is 17.2 Å². The van der Waals surface area contributed by atoms with Crippen LogP contribution >= 0.6 is 11.3 Å². The molecule has 1 atom stereocenters. The van der Waals surface area contributed by atoms with E-state index < -0.39 is 6.10 Å². The van der Waals surface area contributed by atoms with Crippen molar-refractivity contribution in [3.8, 4) is 11.5 Å². The number of para-hydroxylation sites is 2. The fourth-order valence-electron chi connectivity index (χ4n) is 3.25. The number of thiophene rings is 1. The van der Waals surface area contributed by atoms with Crippen molar-refractivity contribution < 1.29 is 14.3 Å². The molecule has 1 saturated heterocycles. The van der Waals surface area contributed by atoms with Crippen LogP contribution in [0.4, 0.5) is 0 Å². The van der Waals surface area contributed by atoms with Gasteiger partial charge in [0.1, 0.15) is 6.61 Å². The molecule has 1 aromatic carbocycles. The van der Waals surface area contributed by atoms with Gasteiger partial charge >= 0.3 is 0 Å². The molecule has 0 aliphatic carbocycles. The first-order valence-electron chi connectivity index (χ1n) is 8.02. The number of likely N-dealkylation sites (tertiary alicyclic amines) is 1. The summed E-state index contributed by atoms with van der Waals surface area (Å²) in [5, 5.41) is 2.12. The summed E-state index contributed by atoms with van der Waals surface area (Å²) in [6.45, 7) is 1.88. The molecule has 1 unspecified atom stereocenters. The molecule has 1 aromatic heterocycles. The molecule has 0 saturated carbocycles. The summed E-state index contributed by atoms with van der Waals surface area (Å²) in [7, 11) is 0. The number of piperidine rings is 1. The predicted molar refractivity (Wildman–Crippen MR) is 89.2 cm³/mol. The molecule has 4 nitrogen and oxygen atoms in total. The lowest BCUT2D eigenvalue weighted by molar-refractivity contribution is -0.142. The van der Waals surface area contributed by atoms with Crippen LogP contribution < -0.4 is 9.47 Å². The largest absolute Gasteiger partial charge is 0.485 e. The highest BCUT2D eigenvalue weighted by Crippen LogP contribution is 2.33. The fourth-order valence-corrected chi connectivity index (χ4v) is 4.15. The molecule has 5 heteroatoms. The number of amides is 1. The van der Waals surface area contributed by atoms with E-state index >= 15 is 0 Å². The highest BCUT2D eigenvalue weighted by atomic mass is 32.1. The molecule has 1 fully saturated rings. The van der Waals surface area contributed by atoms with Crippen molar-refractivity contribution in [2.24, 2.45) is 0 Å². The van der Waals surface area contributed by atoms with Gasteiger partial charge in [0.25, 0.3) is 5.91 Å². The number of hydrogen-bond donors (Lipinski definition) is 0. The molecule has 2 aliphatic rings. The second kappa shape index (κ2) is 6.24. The van der Waals surface area contributed by atoms with E-state index in [0.29, 0.717) is 24.0 Å². The zero-order valence-corrected chi connectivity index (χ0v) is 13.6. The third-order valence-corrected chi connectivity index (χ3v) is 5.57. The minimum absolute atomic E-state index is 0.0455. The third kappa shape index (κ3) is 2.93. The quantitative estimate of drug-likeness (QED) is 0.848. The number of nitrogens with zero attached hydrogens (tertiary/aromatic N) is 1. The number of fused-ring (bicyclic) bond motifs is 1. The van der Waals surface area contributed by atoms with Crippen LogP contribution in [0.15, 0.2) is 41.8 Å². The molecule has 0 spiro atoms. The Bertz CT molecular complexity index is 677. The Hall–Kier alpha value is -2.01. The number of carbonyl (C=O) groups excluding carboxylic acids is 1. The molecule has 0 radical (unpaired) electrons. The van der Waals surface area contributed by atoms with Gasteiger partial charge in [0.2, 0.25) is 6.10 Å². The van der Waals surface area contributed by atoms with Gasteiger partial charge in [-0.1, -0.05) is 18.2 Å². The average Bonchev–Trinajstić information content (AvgIpc) is 3.15. The van der Waals surface area contributed by atoms with Crippen molar-refractivity contribution in [1.29, 1.82) is 0 Å². The smallest absolute Gasteiger partial charge is 0.267 e. The molecular weight excluding hydrogens is 310 g/mol. The summed E-state index contributed by atoms with van der Waals surface area (Å²) in [6.07, 6.45) is 1.52. The Morgan fingerprint density at radius 2 is 1.87 bits per heavy atom. The maximum atomic E-state index is 12.7. The third-order valence-electron chi connectivity index (χ3n) is 4.54. The maximum Gasteiger partial charge on any atom is 0.267 e. The van der Waals surface area contributed by atoms with Crippen LogP contribution in [-0.2, 0) is 4.79 Å². The molecule has 0 N–H and O–H groups in total. The highest BCUT2D eigenvalue weighted by molar-refractivity contribution is 7.10. The SMILES string of the molecule is O=C(C1COc2ccccc2O1)N1CCC(c2cccs2)CC1. The van der Waals surface area contributed by atoms with Crippen molar-refractivity contribution in [3.63, 3.8) is 0 Å². The molecule has 3 heterocycles. The summed E-state index contributed by atoms with van der Waals surface area (Å²) in [6, 6.07) is 11.8. The molecule has 120 valence electrons. The van der Waals surface area contributed by atoms with Gasteiger partial charge in [0, 0.05) is 18.0 Å². The highest BCUT2D eigenvalue weighted by Gasteiger charge is 2.33. The minimum atomic E-state index is -0.525. The van der Waals surface area contributed by atoms with Crippen LogP contribution in [0.25, 0.3) is 0 Å². The second-order valence-corrected chi connectivity index (χ2v) is 6.96. The first-order valence-corrected chi connectivity index (χ1v) is 8.90. The minimum Gasteiger partial charge on any atom is -0.485 e. The summed E-state index contributed by atoms with van der Waals surface area (Å²) in [4.78, 5) is 16.0. The Kier molecular flexibility index (Phi) is 3.95. The summed E-state index contributed by atoms with van der Waals surface area (Å²) >= 11 is 1.81. The molecular formula is C18H19NO3S. The lowest BCUT2D eigenvalue weighted by Crippen LogP contribution is -2.48. The number of rotatable bonds is 2. The molecule has 0 bridgehead atoms. The first-order chi connectivity index (χ1) is 11.3. The van der Waals surface area contributed by atoms with Gasteiger partial charge in [0.05, 0.1) is 0 Å². The predicted octanol–water partition coefficient (Wildman–Crippen LogP) is 3.29. The zero-order valence-electron chi connectivity index (χ0n) is 12.8. The van der Waals surface area contributed by atoms with Crippen molar-refractivity contribution in [1.82, 2.24) is 4.90 Å². The monoisotopic (exact) mass is 329 g/mol. The van der Waals surface area contributed by atoms with Gasteiger partial charge in [-0.25, -0.2) is 0 Å². The number of carbonyl (C=O) groups is 1. The van der Waals surface area contributed by atoms with Crippen LogP contribution in [0.1, 0.15) is 23.6 Å². The Balaban J connectivity index is 1.37. The average molecular weight is 329 g/mol. The summed E-state index contributed by atoms with van der Waals surface area (Å²) < 4.78 is 11.5. The normalized spacial score (nSPS) is 21.2. The molecule has 23 heavy (non-hydrogen) atoms. The standard InChI is InChI=1S/C18H19NO3S/c20-18(16-12-21-14-4-1-2-5-15(14)22-16)19-9-7-13(8-10-19)17-6-3-11-23-17/h1-6,11,13,16H,7-10,12H2. The van der Waals surface area contributed by atoms with E-state index in [2.05, 4.69) is 17.5 Å². The summed E-state index contributed by atoms with van der Waals surface area (Å²) in [5.41, 5.74) is 0. The number of ether oxygens (including phenoxy) is 2. The van der Waals surface area contributed by atoms with Crippen LogP contribution in [0.2, 0.25) is 0 Å². The van der Waals surface area contributed by atoms with Crippen molar-refractivity contribution in [2.75, 3.05) is 19.7 Å². The zero-order chi connectivity index (χ0) is 15.6. The Morgan fingerprint density at radius 1 is 1.09 bits per heavy atom. The van der Waals surface area contributed by atoms with E-state index in [4.69, 9.17) is 9.47 Å². The van der Waals surface area contributed by atoms with Gasteiger partial charge in [0.15, 0.2) is 11.5 Å². The van der Waals surface area contributed by atoms with Crippen LogP contribution in [0.3, 0.4) is 0 Å². The van der Waals surface area contributed by atoms with Crippen molar-refractivity contribution in [3.05, 3.63) is 46.7 Å². The van der Waals surface area contributed by atoms with Crippen LogP contribution in [-0.4, -0.2) is 36.6 Å². The molecule has 1 amide bonds. The van der Waals surface area contributed by atoms with E-state index in [9.17, 15) is 4.79 Å². The van der Waals surface area contributed by atoms with Crippen LogP contribution in [0, 0.1) is 0 Å².